The molecule has 3 nitrogen and oxygen atoms in total. The zero-order valence-electron chi connectivity index (χ0n) is 11.2. The summed E-state index contributed by atoms with van der Waals surface area (Å²) in [5.74, 6) is 0.626. The minimum atomic E-state index is -0.250. The van der Waals surface area contributed by atoms with Crippen LogP contribution in [-0.4, -0.2) is 16.1 Å². The van der Waals surface area contributed by atoms with E-state index in [9.17, 15) is 4.39 Å². The second kappa shape index (κ2) is 4.07. The number of nitrogens with zero attached hydrogens (tertiary/aromatic N) is 2. The fourth-order valence-corrected chi connectivity index (χ4v) is 2.88. The fraction of sp³-hybridized carbons (Fsp3) is 0.188. The van der Waals surface area contributed by atoms with E-state index in [2.05, 4.69) is 28.5 Å². The third kappa shape index (κ3) is 1.61. The molecule has 4 heteroatoms. The van der Waals surface area contributed by atoms with Crippen LogP contribution < -0.4 is 5.32 Å². The van der Waals surface area contributed by atoms with Gasteiger partial charge in [-0.2, -0.15) is 0 Å². The Bertz CT molecular complexity index is 820. The average molecular weight is 267 g/mol. The van der Waals surface area contributed by atoms with Crippen molar-refractivity contribution in [3.8, 4) is 11.4 Å². The lowest BCUT2D eigenvalue weighted by Crippen LogP contribution is -1.93. The average Bonchev–Trinajstić information content (AvgIpc) is 3.02. The molecule has 0 aliphatic carbocycles. The summed E-state index contributed by atoms with van der Waals surface area (Å²) in [7, 11) is 1.97. The largest absolute Gasteiger partial charge is 0.384 e. The number of hydrogen-bond donors (Lipinski definition) is 1. The minimum Gasteiger partial charge on any atom is -0.384 e. The molecule has 1 aliphatic rings. The highest BCUT2D eigenvalue weighted by molar-refractivity contribution is 5.81. The standard InChI is InChI=1S/C16H14FN3/c1-20-15-5-3-12(17)9-14(15)19-16(20)11-2-4-13-10(8-11)6-7-18-13/h2-5,8-9,18H,6-7H2,1H3. The Morgan fingerprint density at radius 2 is 2.10 bits per heavy atom. The van der Waals surface area contributed by atoms with Gasteiger partial charge in [-0.3, -0.25) is 0 Å². The van der Waals surface area contributed by atoms with E-state index in [1.54, 1.807) is 6.07 Å². The zero-order chi connectivity index (χ0) is 13.7. The van der Waals surface area contributed by atoms with E-state index in [1.807, 2.05) is 11.6 Å². The molecule has 0 radical (unpaired) electrons. The van der Waals surface area contributed by atoms with Crippen molar-refractivity contribution >= 4 is 16.7 Å². The molecule has 1 aliphatic heterocycles. The van der Waals surface area contributed by atoms with Crippen molar-refractivity contribution in [3.05, 3.63) is 47.8 Å². The zero-order valence-corrected chi connectivity index (χ0v) is 11.2. The van der Waals surface area contributed by atoms with Gasteiger partial charge in [-0.1, -0.05) is 0 Å². The lowest BCUT2D eigenvalue weighted by molar-refractivity contribution is 0.629. The Labute approximate surface area is 116 Å². The van der Waals surface area contributed by atoms with E-state index in [4.69, 9.17) is 0 Å². The first-order valence-corrected chi connectivity index (χ1v) is 6.71. The van der Waals surface area contributed by atoms with Crippen LogP contribution in [0.2, 0.25) is 0 Å². The highest BCUT2D eigenvalue weighted by atomic mass is 19.1. The molecule has 0 fully saturated rings. The molecule has 3 aromatic rings. The molecule has 0 amide bonds. The predicted molar refractivity (Wildman–Crippen MR) is 78.3 cm³/mol. The van der Waals surface area contributed by atoms with Crippen LogP contribution >= 0.6 is 0 Å². The third-order valence-electron chi connectivity index (χ3n) is 3.92. The summed E-state index contributed by atoms with van der Waals surface area (Å²) in [5, 5.41) is 3.35. The van der Waals surface area contributed by atoms with Crippen molar-refractivity contribution in [2.24, 2.45) is 7.05 Å². The fourth-order valence-electron chi connectivity index (χ4n) is 2.88. The number of nitrogens with one attached hydrogen (secondary N) is 1. The molecule has 1 N–H and O–H groups in total. The van der Waals surface area contributed by atoms with E-state index in [0.717, 1.165) is 29.9 Å². The lowest BCUT2D eigenvalue weighted by atomic mass is 10.1. The van der Waals surface area contributed by atoms with Crippen LogP contribution in [0.4, 0.5) is 10.1 Å². The number of aromatic nitrogens is 2. The number of anilines is 1. The number of hydrogen-bond acceptors (Lipinski definition) is 2. The maximum absolute atomic E-state index is 13.3. The lowest BCUT2D eigenvalue weighted by Gasteiger charge is -2.05. The Kier molecular flexibility index (Phi) is 2.33. The Balaban J connectivity index is 1.91. The van der Waals surface area contributed by atoms with Crippen LogP contribution in [-0.2, 0) is 13.5 Å². The van der Waals surface area contributed by atoms with Crippen molar-refractivity contribution in [1.29, 1.82) is 0 Å². The van der Waals surface area contributed by atoms with Gasteiger partial charge in [-0.15, -0.1) is 0 Å². The maximum Gasteiger partial charge on any atom is 0.140 e. The molecule has 4 rings (SSSR count). The van der Waals surface area contributed by atoms with Gasteiger partial charge in [0.1, 0.15) is 11.6 Å². The Morgan fingerprint density at radius 1 is 1.20 bits per heavy atom. The summed E-state index contributed by atoms with van der Waals surface area (Å²) in [6, 6.07) is 11.1. The van der Waals surface area contributed by atoms with Gasteiger partial charge < -0.3 is 9.88 Å². The van der Waals surface area contributed by atoms with Crippen LogP contribution in [0.1, 0.15) is 5.56 Å². The molecule has 1 aromatic heterocycles. The Hall–Kier alpha value is -2.36. The van der Waals surface area contributed by atoms with Crippen LogP contribution in [0.5, 0.6) is 0 Å². The number of imidazole rings is 1. The number of halogens is 1. The van der Waals surface area contributed by atoms with Gasteiger partial charge in [0, 0.05) is 30.9 Å². The van der Waals surface area contributed by atoms with Crippen LogP contribution in [0.15, 0.2) is 36.4 Å². The topological polar surface area (TPSA) is 29.9 Å². The summed E-state index contributed by atoms with van der Waals surface area (Å²) < 4.78 is 15.3. The first-order chi connectivity index (χ1) is 9.72. The molecule has 0 unspecified atom stereocenters. The summed E-state index contributed by atoms with van der Waals surface area (Å²) in [6.45, 7) is 0.993. The van der Waals surface area contributed by atoms with Crippen molar-refractivity contribution in [2.75, 3.05) is 11.9 Å². The van der Waals surface area contributed by atoms with Crippen molar-refractivity contribution in [2.45, 2.75) is 6.42 Å². The third-order valence-corrected chi connectivity index (χ3v) is 3.92. The molecule has 20 heavy (non-hydrogen) atoms. The molecule has 2 aromatic carbocycles. The minimum absolute atomic E-state index is 0.250. The number of benzene rings is 2. The molecular formula is C16H14FN3. The van der Waals surface area contributed by atoms with Gasteiger partial charge in [-0.25, -0.2) is 9.37 Å². The number of rotatable bonds is 1. The molecule has 0 saturated heterocycles. The van der Waals surface area contributed by atoms with E-state index in [1.165, 1.54) is 23.4 Å². The van der Waals surface area contributed by atoms with Crippen LogP contribution in [0, 0.1) is 5.82 Å². The van der Waals surface area contributed by atoms with Crippen molar-refractivity contribution in [1.82, 2.24) is 9.55 Å². The summed E-state index contributed by atoms with van der Waals surface area (Å²) in [4.78, 5) is 4.57. The van der Waals surface area contributed by atoms with Gasteiger partial charge in [0.05, 0.1) is 11.0 Å². The maximum atomic E-state index is 13.3. The van der Waals surface area contributed by atoms with Gasteiger partial charge in [0.25, 0.3) is 0 Å². The molecule has 2 heterocycles. The molecule has 0 saturated carbocycles. The van der Waals surface area contributed by atoms with Crippen LogP contribution in [0.3, 0.4) is 0 Å². The first-order valence-electron chi connectivity index (χ1n) is 6.71. The summed E-state index contributed by atoms with van der Waals surface area (Å²) >= 11 is 0. The van der Waals surface area contributed by atoms with Gasteiger partial charge in [0.2, 0.25) is 0 Å². The van der Waals surface area contributed by atoms with Gasteiger partial charge in [0.15, 0.2) is 0 Å². The summed E-state index contributed by atoms with van der Waals surface area (Å²) in [6.07, 6.45) is 1.04. The van der Waals surface area contributed by atoms with E-state index >= 15 is 0 Å². The highest BCUT2D eigenvalue weighted by Gasteiger charge is 2.14. The molecular weight excluding hydrogens is 253 g/mol. The molecule has 0 atom stereocenters. The number of aryl methyl sites for hydroxylation is 1. The molecule has 0 bridgehead atoms. The first kappa shape index (κ1) is 11.5. The van der Waals surface area contributed by atoms with Gasteiger partial charge in [-0.05, 0) is 42.3 Å². The smallest absolute Gasteiger partial charge is 0.140 e. The van der Waals surface area contributed by atoms with Crippen molar-refractivity contribution < 1.29 is 4.39 Å². The normalized spacial score (nSPS) is 13.5. The van der Waals surface area contributed by atoms with E-state index in [0.29, 0.717) is 5.52 Å². The SMILES string of the molecule is Cn1c(-c2ccc3c(c2)CCN3)nc2cc(F)ccc21. The van der Waals surface area contributed by atoms with Crippen molar-refractivity contribution in [3.63, 3.8) is 0 Å². The van der Waals surface area contributed by atoms with Crippen LogP contribution in [0.25, 0.3) is 22.4 Å². The number of fused-ring (bicyclic) bond motifs is 2. The molecule has 0 spiro atoms. The Morgan fingerprint density at radius 3 is 3.00 bits per heavy atom. The van der Waals surface area contributed by atoms with E-state index in [-0.39, 0.29) is 5.82 Å². The second-order valence-electron chi connectivity index (χ2n) is 5.18. The predicted octanol–water partition coefficient (Wildman–Crippen LogP) is 3.35. The monoisotopic (exact) mass is 267 g/mol. The highest BCUT2D eigenvalue weighted by Crippen LogP contribution is 2.29. The molecule has 100 valence electrons. The summed E-state index contributed by atoms with van der Waals surface area (Å²) in [5.41, 5.74) is 5.24. The quantitative estimate of drug-likeness (QED) is 0.732. The second-order valence-corrected chi connectivity index (χ2v) is 5.18. The van der Waals surface area contributed by atoms with E-state index < -0.39 is 0 Å². The van der Waals surface area contributed by atoms with Gasteiger partial charge >= 0.3 is 0 Å².